The molecule has 7 nitrogen and oxygen atoms in total. The second kappa shape index (κ2) is 11.6. The SMILES string of the molecule is CN=C(NCCCCCC(=O)N1CCN(C(=O)CC(C)C)CC1)N1CCC(C)(C)C1. The van der Waals surface area contributed by atoms with Crippen LogP contribution in [0.15, 0.2) is 4.99 Å². The molecule has 2 heterocycles. The highest BCUT2D eigenvalue weighted by molar-refractivity contribution is 5.80. The van der Waals surface area contributed by atoms with Crippen LogP contribution >= 0.6 is 0 Å². The predicted molar refractivity (Wildman–Crippen MR) is 122 cm³/mol. The molecule has 0 aromatic heterocycles. The van der Waals surface area contributed by atoms with E-state index in [1.165, 1.54) is 6.42 Å². The lowest BCUT2D eigenvalue weighted by molar-refractivity contribution is -0.140. The third kappa shape index (κ3) is 7.80. The number of hydrogen-bond donors (Lipinski definition) is 1. The number of carbonyl (C=O) groups excluding carboxylic acids is 2. The number of carbonyl (C=O) groups is 2. The molecular weight excluding hydrogens is 378 g/mol. The number of unbranched alkanes of at least 4 members (excludes halogenated alkanes) is 2. The van der Waals surface area contributed by atoms with Crippen molar-refractivity contribution in [1.29, 1.82) is 0 Å². The molecule has 2 amide bonds. The summed E-state index contributed by atoms with van der Waals surface area (Å²) >= 11 is 0. The zero-order chi connectivity index (χ0) is 22.1. The van der Waals surface area contributed by atoms with Gasteiger partial charge in [-0.05, 0) is 30.6 Å². The van der Waals surface area contributed by atoms with Gasteiger partial charge in [-0.25, -0.2) is 0 Å². The molecule has 0 aliphatic carbocycles. The van der Waals surface area contributed by atoms with E-state index in [2.05, 4.69) is 42.9 Å². The molecule has 2 fully saturated rings. The van der Waals surface area contributed by atoms with E-state index < -0.39 is 0 Å². The first-order valence-corrected chi connectivity index (χ1v) is 11.7. The summed E-state index contributed by atoms with van der Waals surface area (Å²) in [4.78, 5) is 35.2. The molecule has 0 aromatic rings. The Morgan fingerprint density at radius 2 is 1.57 bits per heavy atom. The van der Waals surface area contributed by atoms with Crippen molar-refractivity contribution >= 4 is 17.8 Å². The van der Waals surface area contributed by atoms with Crippen LogP contribution in [-0.4, -0.2) is 85.3 Å². The van der Waals surface area contributed by atoms with E-state index in [-0.39, 0.29) is 11.8 Å². The van der Waals surface area contributed by atoms with Gasteiger partial charge in [0.2, 0.25) is 11.8 Å². The number of piperazine rings is 1. The average Bonchev–Trinajstić information content (AvgIpc) is 3.06. The van der Waals surface area contributed by atoms with E-state index in [1.807, 2.05) is 16.8 Å². The van der Waals surface area contributed by atoms with Gasteiger partial charge in [0.05, 0.1) is 0 Å². The fourth-order valence-electron chi connectivity index (χ4n) is 4.25. The Morgan fingerprint density at radius 3 is 2.10 bits per heavy atom. The van der Waals surface area contributed by atoms with Crippen LogP contribution in [-0.2, 0) is 9.59 Å². The molecular formula is C23H43N5O2. The number of nitrogens with one attached hydrogen (secondary N) is 1. The molecule has 2 rings (SSSR count). The molecule has 2 saturated heterocycles. The van der Waals surface area contributed by atoms with Gasteiger partial charge in [0, 0.05) is 65.7 Å². The summed E-state index contributed by atoms with van der Waals surface area (Å²) in [6, 6.07) is 0. The average molecular weight is 422 g/mol. The Morgan fingerprint density at radius 1 is 0.933 bits per heavy atom. The summed E-state index contributed by atoms with van der Waals surface area (Å²) in [5.41, 5.74) is 0.366. The molecule has 0 spiro atoms. The number of hydrogen-bond acceptors (Lipinski definition) is 3. The van der Waals surface area contributed by atoms with Crippen molar-refractivity contribution < 1.29 is 9.59 Å². The van der Waals surface area contributed by atoms with E-state index in [0.717, 1.165) is 44.9 Å². The zero-order valence-corrected chi connectivity index (χ0v) is 19.9. The molecule has 1 N–H and O–H groups in total. The summed E-state index contributed by atoms with van der Waals surface area (Å²) in [5, 5.41) is 3.47. The standard InChI is InChI=1S/C23H43N5O2/c1-19(2)17-21(30)27-15-13-26(14-16-27)20(29)9-7-6-8-11-25-22(24-5)28-12-10-23(3,4)18-28/h19H,6-18H2,1-5H3,(H,24,25). The van der Waals surface area contributed by atoms with Crippen LogP contribution in [0, 0.1) is 11.3 Å². The van der Waals surface area contributed by atoms with Gasteiger partial charge in [-0.2, -0.15) is 0 Å². The first-order chi connectivity index (χ1) is 14.2. The Labute approximate surface area is 183 Å². The van der Waals surface area contributed by atoms with Gasteiger partial charge in [0.1, 0.15) is 0 Å². The first kappa shape index (κ1) is 24.5. The van der Waals surface area contributed by atoms with E-state index in [1.54, 1.807) is 0 Å². The van der Waals surface area contributed by atoms with Gasteiger partial charge in [-0.3, -0.25) is 14.6 Å². The number of nitrogens with zero attached hydrogens (tertiary/aromatic N) is 4. The summed E-state index contributed by atoms with van der Waals surface area (Å²) in [5.74, 6) is 1.83. The van der Waals surface area contributed by atoms with Gasteiger partial charge in [-0.1, -0.05) is 34.1 Å². The highest BCUT2D eigenvalue weighted by Crippen LogP contribution is 2.28. The topological polar surface area (TPSA) is 68.2 Å². The molecule has 2 aliphatic rings. The summed E-state index contributed by atoms with van der Waals surface area (Å²) in [6.45, 7) is 14.5. The summed E-state index contributed by atoms with van der Waals surface area (Å²) < 4.78 is 0. The Bertz CT molecular complexity index is 594. The van der Waals surface area contributed by atoms with Crippen molar-refractivity contribution in [2.75, 3.05) is 52.9 Å². The smallest absolute Gasteiger partial charge is 0.222 e. The molecule has 172 valence electrons. The highest BCUT2D eigenvalue weighted by atomic mass is 16.2. The lowest BCUT2D eigenvalue weighted by Gasteiger charge is -2.35. The number of aliphatic imine (C=N–C) groups is 1. The summed E-state index contributed by atoms with van der Waals surface area (Å²) in [7, 11) is 1.85. The summed E-state index contributed by atoms with van der Waals surface area (Å²) in [6.07, 6.45) is 5.41. The molecule has 0 atom stereocenters. The van der Waals surface area contributed by atoms with Crippen LogP contribution in [0.25, 0.3) is 0 Å². The molecule has 0 bridgehead atoms. The maximum Gasteiger partial charge on any atom is 0.222 e. The van der Waals surface area contributed by atoms with Gasteiger partial charge in [-0.15, -0.1) is 0 Å². The van der Waals surface area contributed by atoms with E-state index in [9.17, 15) is 9.59 Å². The molecule has 7 heteroatoms. The predicted octanol–water partition coefficient (Wildman–Crippen LogP) is 2.57. The lowest BCUT2D eigenvalue weighted by Crippen LogP contribution is -2.50. The van der Waals surface area contributed by atoms with Crippen molar-refractivity contribution in [3.05, 3.63) is 0 Å². The minimum absolute atomic E-state index is 0.220. The zero-order valence-electron chi connectivity index (χ0n) is 19.9. The normalized spacial score (nSPS) is 19.5. The lowest BCUT2D eigenvalue weighted by atomic mass is 9.93. The minimum Gasteiger partial charge on any atom is -0.356 e. The maximum atomic E-state index is 12.5. The second-order valence-electron chi connectivity index (χ2n) is 9.98. The van der Waals surface area contributed by atoms with E-state index >= 15 is 0 Å². The van der Waals surface area contributed by atoms with Crippen LogP contribution in [0.3, 0.4) is 0 Å². The number of likely N-dealkylation sites (tertiary alicyclic amines) is 1. The molecule has 0 radical (unpaired) electrons. The third-order valence-corrected chi connectivity index (χ3v) is 6.11. The maximum absolute atomic E-state index is 12.5. The quantitative estimate of drug-likeness (QED) is 0.372. The number of guanidine groups is 1. The second-order valence-corrected chi connectivity index (χ2v) is 9.98. The molecule has 0 unspecified atom stereocenters. The molecule has 30 heavy (non-hydrogen) atoms. The van der Waals surface area contributed by atoms with E-state index in [4.69, 9.17) is 0 Å². The third-order valence-electron chi connectivity index (χ3n) is 6.11. The van der Waals surface area contributed by atoms with Gasteiger partial charge < -0.3 is 20.0 Å². The number of amides is 2. The van der Waals surface area contributed by atoms with Crippen molar-refractivity contribution in [2.45, 2.75) is 66.2 Å². The Kier molecular flexibility index (Phi) is 9.43. The number of rotatable bonds is 8. The fraction of sp³-hybridized carbons (Fsp3) is 0.870. The minimum atomic E-state index is 0.220. The van der Waals surface area contributed by atoms with E-state index in [0.29, 0.717) is 50.4 Å². The molecule has 0 saturated carbocycles. The molecule has 0 aromatic carbocycles. The van der Waals surface area contributed by atoms with Crippen molar-refractivity contribution in [3.8, 4) is 0 Å². The molecule has 2 aliphatic heterocycles. The largest absolute Gasteiger partial charge is 0.356 e. The van der Waals surface area contributed by atoms with Crippen LogP contribution in [0.5, 0.6) is 0 Å². The van der Waals surface area contributed by atoms with Gasteiger partial charge in [0.15, 0.2) is 5.96 Å². The van der Waals surface area contributed by atoms with Crippen LogP contribution in [0.1, 0.15) is 66.2 Å². The highest BCUT2D eigenvalue weighted by Gasteiger charge is 2.30. The van der Waals surface area contributed by atoms with Gasteiger partial charge in [0.25, 0.3) is 0 Å². The van der Waals surface area contributed by atoms with Crippen LogP contribution < -0.4 is 5.32 Å². The first-order valence-electron chi connectivity index (χ1n) is 11.7. The monoisotopic (exact) mass is 421 g/mol. The van der Waals surface area contributed by atoms with Crippen molar-refractivity contribution in [1.82, 2.24) is 20.0 Å². The van der Waals surface area contributed by atoms with Crippen molar-refractivity contribution in [2.24, 2.45) is 16.3 Å². The van der Waals surface area contributed by atoms with Gasteiger partial charge >= 0.3 is 0 Å². The van der Waals surface area contributed by atoms with Crippen LogP contribution in [0.4, 0.5) is 0 Å². The van der Waals surface area contributed by atoms with Crippen molar-refractivity contribution in [3.63, 3.8) is 0 Å². The van der Waals surface area contributed by atoms with Crippen LogP contribution in [0.2, 0.25) is 0 Å². The Hall–Kier alpha value is -1.79. The fourth-order valence-corrected chi connectivity index (χ4v) is 4.25. The Balaban J connectivity index is 1.56.